The van der Waals surface area contributed by atoms with Crippen LogP contribution in [-0.4, -0.2) is 4.57 Å². The maximum Gasteiger partial charge on any atom is 0.0991 e. The number of nitrogens with zero attached hydrogens (tertiary/aromatic N) is 2. The van der Waals surface area contributed by atoms with E-state index >= 15 is 0 Å². The van der Waals surface area contributed by atoms with Crippen molar-refractivity contribution in [2.75, 3.05) is 0 Å². The summed E-state index contributed by atoms with van der Waals surface area (Å²) in [6.07, 6.45) is 0. The summed E-state index contributed by atoms with van der Waals surface area (Å²) in [5, 5.41) is 14.2. The zero-order valence-corrected chi connectivity index (χ0v) is 19.0. The van der Waals surface area contributed by atoms with Gasteiger partial charge in [0.2, 0.25) is 0 Å². The minimum Gasteiger partial charge on any atom is -0.309 e. The number of hydrogen-bond acceptors (Lipinski definition) is 2. The van der Waals surface area contributed by atoms with Gasteiger partial charge in [-0.05, 0) is 65.7 Å². The molecule has 0 aliphatic rings. The number of aromatic nitrogens is 1. The van der Waals surface area contributed by atoms with Crippen LogP contribution in [0.1, 0.15) is 5.56 Å². The van der Waals surface area contributed by atoms with Crippen molar-refractivity contribution < 1.29 is 0 Å². The van der Waals surface area contributed by atoms with Gasteiger partial charge in [-0.3, -0.25) is 0 Å². The molecule has 0 atom stereocenters. The highest BCUT2D eigenvalue weighted by atomic mass is 32.1. The maximum absolute atomic E-state index is 9.12. The SMILES string of the molecule is N#Cc1ccc(-c2ccc3sc4ccc(-n5c6ccccc6c6ccccc65)cc4c3c2)cc1. The van der Waals surface area contributed by atoms with Gasteiger partial charge in [-0.25, -0.2) is 0 Å². The van der Waals surface area contributed by atoms with Gasteiger partial charge in [0.25, 0.3) is 0 Å². The highest BCUT2D eigenvalue weighted by Gasteiger charge is 2.13. The first-order valence-corrected chi connectivity index (χ1v) is 12.1. The zero-order valence-electron chi connectivity index (χ0n) is 18.2. The monoisotopic (exact) mass is 450 g/mol. The van der Waals surface area contributed by atoms with Gasteiger partial charge < -0.3 is 4.57 Å². The van der Waals surface area contributed by atoms with Gasteiger partial charge in [0.15, 0.2) is 0 Å². The maximum atomic E-state index is 9.12. The summed E-state index contributed by atoms with van der Waals surface area (Å²) in [6.45, 7) is 0. The van der Waals surface area contributed by atoms with E-state index in [1.165, 1.54) is 53.2 Å². The second-order valence-corrected chi connectivity index (χ2v) is 9.64. The normalized spacial score (nSPS) is 11.5. The number of nitriles is 1. The molecular weight excluding hydrogens is 432 g/mol. The smallest absolute Gasteiger partial charge is 0.0991 e. The van der Waals surface area contributed by atoms with Crippen molar-refractivity contribution in [2.24, 2.45) is 0 Å². The van der Waals surface area contributed by atoms with E-state index in [-0.39, 0.29) is 0 Å². The first kappa shape index (κ1) is 19.1. The van der Waals surface area contributed by atoms with Crippen LogP contribution in [0.15, 0.2) is 109 Å². The molecule has 0 saturated heterocycles. The fraction of sp³-hybridized carbons (Fsp3) is 0. The molecule has 0 fully saturated rings. The molecule has 2 aromatic heterocycles. The van der Waals surface area contributed by atoms with Gasteiger partial charge >= 0.3 is 0 Å². The van der Waals surface area contributed by atoms with E-state index in [4.69, 9.17) is 5.26 Å². The van der Waals surface area contributed by atoms with Crippen molar-refractivity contribution in [3.05, 3.63) is 115 Å². The Bertz CT molecular complexity index is 1860. The number of benzene rings is 5. The molecule has 7 rings (SSSR count). The first-order valence-electron chi connectivity index (χ1n) is 11.3. The molecule has 0 amide bonds. The van der Waals surface area contributed by atoms with E-state index in [1.54, 1.807) is 0 Å². The van der Waals surface area contributed by atoms with Crippen LogP contribution in [0.25, 0.3) is 58.8 Å². The largest absolute Gasteiger partial charge is 0.309 e. The number of thiophene rings is 1. The minimum absolute atomic E-state index is 0.682. The molecule has 0 radical (unpaired) electrons. The van der Waals surface area contributed by atoms with Crippen LogP contribution < -0.4 is 0 Å². The third kappa shape index (κ3) is 2.80. The first-order chi connectivity index (χ1) is 16.8. The van der Waals surface area contributed by atoms with Crippen LogP contribution in [0.5, 0.6) is 0 Å². The van der Waals surface area contributed by atoms with E-state index in [0.717, 1.165) is 5.56 Å². The number of hydrogen-bond donors (Lipinski definition) is 0. The Hall–Kier alpha value is -4.39. The average molecular weight is 451 g/mol. The fourth-order valence-corrected chi connectivity index (χ4v) is 6.09. The summed E-state index contributed by atoms with van der Waals surface area (Å²) >= 11 is 1.83. The molecule has 0 spiro atoms. The molecular formula is C31H18N2S. The van der Waals surface area contributed by atoms with Gasteiger partial charge in [0.1, 0.15) is 0 Å². The van der Waals surface area contributed by atoms with Crippen molar-refractivity contribution in [1.82, 2.24) is 4.57 Å². The van der Waals surface area contributed by atoms with Crippen molar-refractivity contribution in [3.8, 4) is 22.9 Å². The summed E-state index contributed by atoms with van der Waals surface area (Å²) in [7, 11) is 0. The Kier molecular flexibility index (Phi) is 4.11. The molecule has 0 aliphatic heterocycles. The lowest BCUT2D eigenvalue weighted by atomic mass is 10.0. The second kappa shape index (κ2) is 7.31. The lowest BCUT2D eigenvalue weighted by Gasteiger charge is -2.08. The third-order valence-corrected chi connectivity index (χ3v) is 7.79. The van der Waals surface area contributed by atoms with Crippen molar-refractivity contribution in [1.29, 1.82) is 5.26 Å². The van der Waals surface area contributed by atoms with Gasteiger partial charge in [0, 0.05) is 36.6 Å². The van der Waals surface area contributed by atoms with E-state index in [0.29, 0.717) is 5.56 Å². The predicted molar refractivity (Wildman–Crippen MR) is 144 cm³/mol. The summed E-state index contributed by atoms with van der Waals surface area (Å²) in [4.78, 5) is 0. The number of fused-ring (bicyclic) bond motifs is 6. The molecule has 0 aliphatic carbocycles. The molecule has 0 unspecified atom stereocenters. The molecule has 2 heterocycles. The molecule has 7 aromatic rings. The molecule has 158 valence electrons. The van der Waals surface area contributed by atoms with E-state index in [9.17, 15) is 0 Å². The van der Waals surface area contributed by atoms with E-state index < -0.39 is 0 Å². The van der Waals surface area contributed by atoms with Gasteiger partial charge in [-0.2, -0.15) is 5.26 Å². The molecule has 5 aromatic carbocycles. The second-order valence-electron chi connectivity index (χ2n) is 8.55. The van der Waals surface area contributed by atoms with Gasteiger partial charge in [-0.1, -0.05) is 54.6 Å². The van der Waals surface area contributed by atoms with Crippen LogP contribution in [0.2, 0.25) is 0 Å². The predicted octanol–water partition coefficient (Wildman–Crippen LogP) is 8.69. The third-order valence-electron chi connectivity index (χ3n) is 6.64. The Morgan fingerprint density at radius 1 is 0.559 bits per heavy atom. The van der Waals surface area contributed by atoms with E-state index in [2.05, 4.69) is 95.6 Å². The summed E-state index contributed by atoms with van der Waals surface area (Å²) in [6, 6.07) is 40.8. The number of para-hydroxylation sites is 2. The number of rotatable bonds is 2. The Morgan fingerprint density at radius 3 is 1.82 bits per heavy atom. The highest BCUT2D eigenvalue weighted by Crippen LogP contribution is 2.39. The standard InChI is InChI=1S/C31H18N2S/c32-19-20-9-11-21(12-10-20)22-13-15-30-26(17-22)27-18-23(14-16-31(27)34-30)33-28-7-3-1-5-24(28)25-6-2-4-8-29(25)33/h1-18H. The topological polar surface area (TPSA) is 28.7 Å². The van der Waals surface area contributed by atoms with Crippen LogP contribution >= 0.6 is 11.3 Å². The molecule has 3 heteroatoms. The summed E-state index contributed by atoms with van der Waals surface area (Å²) in [5.41, 5.74) is 6.59. The highest BCUT2D eigenvalue weighted by molar-refractivity contribution is 7.25. The van der Waals surface area contributed by atoms with Crippen molar-refractivity contribution in [3.63, 3.8) is 0 Å². The van der Waals surface area contributed by atoms with Crippen molar-refractivity contribution >= 4 is 53.3 Å². The van der Waals surface area contributed by atoms with Crippen LogP contribution in [0, 0.1) is 11.3 Å². The van der Waals surface area contributed by atoms with Gasteiger partial charge in [-0.15, -0.1) is 11.3 Å². The Labute approximate surface area is 200 Å². The lowest BCUT2D eigenvalue weighted by Crippen LogP contribution is -1.93. The van der Waals surface area contributed by atoms with Crippen LogP contribution in [0.4, 0.5) is 0 Å². The average Bonchev–Trinajstić information content (AvgIpc) is 3.43. The van der Waals surface area contributed by atoms with E-state index in [1.807, 2.05) is 35.6 Å². The van der Waals surface area contributed by atoms with Crippen molar-refractivity contribution in [2.45, 2.75) is 0 Å². The minimum atomic E-state index is 0.682. The summed E-state index contributed by atoms with van der Waals surface area (Å²) < 4.78 is 4.95. The van der Waals surface area contributed by atoms with Gasteiger partial charge in [0.05, 0.1) is 22.7 Å². The van der Waals surface area contributed by atoms with Crippen LogP contribution in [0.3, 0.4) is 0 Å². The molecule has 34 heavy (non-hydrogen) atoms. The summed E-state index contributed by atoms with van der Waals surface area (Å²) in [5.74, 6) is 0. The molecule has 0 N–H and O–H groups in total. The lowest BCUT2D eigenvalue weighted by molar-refractivity contribution is 1.19. The molecule has 0 saturated carbocycles. The Morgan fingerprint density at radius 2 is 1.15 bits per heavy atom. The quantitative estimate of drug-likeness (QED) is 0.259. The molecule has 0 bridgehead atoms. The Balaban J connectivity index is 1.47. The van der Waals surface area contributed by atoms with Crippen LogP contribution in [-0.2, 0) is 0 Å². The fourth-order valence-electron chi connectivity index (χ4n) is 5.02. The molecule has 2 nitrogen and oxygen atoms in total. The zero-order chi connectivity index (χ0) is 22.6.